The molecule has 0 spiro atoms. The molecule has 1 aromatic carbocycles. The van der Waals surface area contributed by atoms with E-state index in [-0.39, 0.29) is 24.6 Å². The second-order valence-corrected chi connectivity index (χ2v) is 5.86. The van der Waals surface area contributed by atoms with Crippen LogP contribution in [-0.2, 0) is 9.47 Å². The molecular weight excluding hydrogens is 338 g/mol. The average molecular weight is 363 g/mol. The van der Waals surface area contributed by atoms with Gasteiger partial charge in [-0.05, 0) is 44.9 Å². The summed E-state index contributed by atoms with van der Waals surface area (Å²) >= 11 is 0. The molecule has 0 atom stereocenters. The summed E-state index contributed by atoms with van der Waals surface area (Å²) in [4.78, 5) is 37.2. The zero-order valence-corrected chi connectivity index (χ0v) is 15.1. The van der Waals surface area contributed by atoms with Gasteiger partial charge in [0.05, 0.1) is 13.2 Å². The van der Waals surface area contributed by atoms with Crippen molar-refractivity contribution in [2.75, 3.05) is 31.6 Å². The summed E-state index contributed by atoms with van der Waals surface area (Å²) in [6.07, 6.45) is 0.475. The number of benzene rings is 1. The van der Waals surface area contributed by atoms with E-state index in [9.17, 15) is 14.4 Å². The van der Waals surface area contributed by atoms with Crippen molar-refractivity contribution >= 4 is 23.8 Å². The highest BCUT2D eigenvalue weighted by atomic mass is 16.6. The van der Waals surface area contributed by atoms with Gasteiger partial charge in [0.15, 0.2) is 0 Å². The SMILES string of the molecule is CCOC(=O)Nc1cccc(C(=O)NC2CCN(C(=O)OCC)CC2)c1. The summed E-state index contributed by atoms with van der Waals surface area (Å²) < 4.78 is 9.81. The Morgan fingerprint density at radius 2 is 1.81 bits per heavy atom. The van der Waals surface area contributed by atoms with Gasteiger partial charge < -0.3 is 19.7 Å². The van der Waals surface area contributed by atoms with E-state index in [0.717, 1.165) is 0 Å². The molecule has 0 bridgehead atoms. The van der Waals surface area contributed by atoms with Gasteiger partial charge in [-0.2, -0.15) is 0 Å². The van der Waals surface area contributed by atoms with Crippen LogP contribution in [0.3, 0.4) is 0 Å². The second-order valence-electron chi connectivity index (χ2n) is 5.86. The van der Waals surface area contributed by atoms with Crippen molar-refractivity contribution in [2.45, 2.75) is 32.7 Å². The third kappa shape index (κ3) is 5.65. The summed E-state index contributed by atoms with van der Waals surface area (Å²) in [5.41, 5.74) is 0.945. The van der Waals surface area contributed by atoms with Gasteiger partial charge in [0, 0.05) is 30.4 Å². The number of carbonyl (C=O) groups is 3. The molecule has 0 aliphatic carbocycles. The van der Waals surface area contributed by atoms with Crippen molar-refractivity contribution in [1.82, 2.24) is 10.2 Å². The number of amides is 3. The lowest BCUT2D eigenvalue weighted by molar-refractivity contribution is 0.0860. The minimum Gasteiger partial charge on any atom is -0.450 e. The maximum absolute atomic E-state index is 12.4. The molecule has 0 saturated carbocycles. The Kier molecular flexibility index (Phi) is 7.25. The molecule has 1 heterocycles. The van der Waals surface area contributed by atoms with Gasteiger partial charge in [-0.25, -0.2) is 9.59 Å². The van der Waals surface area contributed by atoms with E-state index in [1.165, 1.54) is 0 Å². The van der Waals surface area contributed by atoms with E-state index in [4.69, 9.17) is 9.47 Å². The lowest BCUT2D eigenvalue weighted by Crippen LogP contribution is -2.46. The number of carbonyl (C=O) groups excluding carboxylic acids is 3. The third-order valence-corrected chi connectivity index (χ3v) is 4.00. The van der Waals surface area contributed by atoms with Crippen LogP contribution in [0.25, 0.3) is 0 Å². The number of nitrogens with one attached hydrogen (secondary N) is 2. The van der Waals surface area contributed by atoms with Crippen LogP contribution in [-0.4, -0.2) is 55.3 Å². The minimum atomic E-state index is -0.559. The predicted octanol–water partition coefficient (Wildman–Crippen LogP) is 2.61. The van der Waals surface area contributed by atoms with E-state index < -0.39 is 6.09 Å². The predicted molar refractivity (Wildman–Crippen MR) is 96.2 cm³/mol. The number of nitrogens with zero attached hydrogens (tertiary/aromatic N) is 1. The molecule has 1 aromatic rings. The first-order valence-electron chi connectivity index (χ1n) is 8.79. The molecule has 1 fully saturated rings. The van der Waals surface area contributed by atoms with Crippen LogP contribution in [0.1, 0.15) is 37.0 Å². The van der Waals surface area contributed by atoms with E-state index in [0.29, 0.717) is 43.8 Å². The molecular formula is C18H25N3O5. The molecule has 1 saturated heterocycles. The van der Waals surface area contributed by atoms with Gasteiger partial charge in [0.1, 0.15) is 0 Å². The van der Waals surface area contributed by atoms with E-state index in [1.807, 2.05) is 0 Å². The topological polar surface area (TPSA) is 97.0 Å². The fourth-order valence-electron chi connectivity index (χ4n) is 2.71. The zero-order chi connectivity index (χ0) is 18.9. The van der Waals surface area contributed by atoms with Crippen LogP contribution in [0.15, 0.2) is 24.3 Å². The Hall–Kier alpha value is -2.77. The van der Waals surface area contributed by atoms with Crippen LogP contribution in [0.2, 0.25) is 0 Å². The summed E-state index contributed by atoms with van der Waals surface area (Å²) in [7, 11) is 0. The smallest absolute Gasteiger partial charge is 0.411 e. The van der Waals surface area contributed by atoms with Crippen molar-refractivity contribution in [2.24, 2.45) is 0 Å². The fraction of sp³-hybridized carbons (Fsp3) is 0.500. The molecule has 8 heteroatoms. The standard InChI is InChI=1S/C18H25N3O5/c1-3-25-17(23)20-15-7-5-6-13(12-15)16(22)19-14-8-10-21(11-9-14)18(24)26-4-2/h5-7,12,14H,3-4,8-11H2,1-2H3,(H,19,22)(H,20,23). The largest absolute Gasteiger partial charge is 0.450 e. The van der Waals surface area contributed by atoms with Crippen molar-refractivity contribution in [1.29, 1.82) is 0 Å². The Labute approximate surface area is 152 Å². The number of ether oxygens (including phenoxy) is 2. The molecule has 8 nitrogen and oxygen atoms in total. The highest BCUT2D eigenvalue weighted by Gasteiger charge is 2.24. The molecule has 26 heavy (non-hydrogen) atoms. The first kappa shape index (κ1) is 19.6. The number of hydrogen-bond acceptors (Lipinski definition) is 5. The molecule has 0 unspecified atom stereocenters. The lowest BCUT2D eigenvalue weighted by atomic mass is 10.0. The Morgan fingerprint density at radius 1 is 1.12 bits per heavy atom. The Bertz CT molecular complexity index is 641. The number of piperidine rings is 1. The van der Waals surface area contributed by atoms with Gasteiger partial charge in [-0.15, -0.1) is 0 Å². The van der Waals surface area contributed by atoms with E-state index in [2.05, 4.69) is 10.6 Å². The Morgan fingerprint density at radius 3 is 2.46 bits per heavy atom. The normalized spacial score (nSPS) is 14.5. The molecule has 142 valence electrons. The third-order valence-electron chi connectivity index (χ3n) is 4.00. The monoisotopic (exact) mass is 363 g/mol. The zero-order valence-electron chi connectivity index (χ0n) is 15.1. The molecule has 1 aliphatic rings. The first-order valence-corrected chi connectivity index (χ1v) is 8.79. The maximum Gasteiger partial charge on any atom is 0.411 e. The van der Waals surface area contributed by atoms with Crippen molar-refractivity contribution in [3.63, 3.8) is 0 Å². The molecule has 2 rings (SSSR count). The molecule has 1 aliphatic heterocycles. The van der Waals surface area contributed by atoms with Crippen molar-refractivity contribution in [3.05, 3.63) is 29.8 Å². The fourth-order valence-corrected chi connectivity index (χ4v) is 2.71. The summed E-state index contributed by atoms with van der Waals surface area (Å²) in [5, 5.41) is 5.54. The van der Waals surface area contributed by atoms with Crippen LogP contribution in [0, 0.1) is 0 Å². The number of rotatable bonds is 5. The molecule has 3 amide bonds. The first-order chi connectivity index (χ1) is 12.5. The van der Waals surface area contributed by atoms with Crippen LogP contribution < -0.4 is 10.6 Å². The molecule has 0 radical (unpaired) electrons. The second kappa shape index (κ2) is 9.65. The highest BCUT2D eigenvalue weighted by Crippen LogP contribution is 2.14. The number of likely N-dealkylation sites (tertiary alicyclic amines) is 1. The van der Waals surface area contributed by atoms with Gasteiger partial charge in [0.25, 0.3) is 5.91 Å². The van der Waals surface area contributed by atoms with Gasteiger partial charge in [-0.1, -0.05) is 6.07 Å². The van der Waals surface area contributed by atoms with E-state index in [1.54, 1.807) is 43.0 Å². The number of anilines is 1. The summed E-state index contributed by atoms with van der Waals surface area (Å²) in [5.74, 6) is -0.216. The van der Waals surface area contributed by atoms with Crippen LogP contribution in [0.5, 0.6) is 0 Å². The van der Waals surface area contributed by atoms with Crippen molar-refractivity contribution in [3.8, 4) is 0 Å². The molecule has 2 N–H and O–H groups in total. The maximum atomic E-state index is 12.4. The highest BCUT2D eigenvalue weighted by molar-refractivity contribution is 5.96. The summed E-state index contributed by atoms with van der Waals surface area (Å²) in [6.45, 7) is 5.22. The molecule has 0 aromatic heterocycles. The van der Waals surface area contributed by atoms with Crippen LogP contribution in [0.4, 0.5) is 15.3 Å². The quantitative estimate of drug-likeness (QED) is 0.838. The van der Waals surface area contributed by atoms with E-state index >= 15 is 0 Å². The average Bonchev–Trinajstić information content (AvgIpc) is 2.63. The lowest BCUT2D eigenvalue weighted by Gasteiger charge is -2.31. The Balaban J connectivity index is 1.86. The van der Waals surface area contributed by atoms with Gasteiger partial charge >= 0.3 is 12.2 Å². The van der Waals surface area contributed by atoms with Gasteiger partial charge in [0.2, 0.25) is 0 Å². The number of hydrogen-bond donors (Lipinski definition) is 2. The van der Waals surface area contributed by atoms with Crippen LogP contribution >= 0.6 is 0 Å². The van der Waals surface area contributed by atoms with Crippen molar-refractivity contribution < 1.29 is 23.9 Å². The summed E-state index contributed by atoms with van der Waals surface area (Å²) in [6, 6.07) is 6.65. The minimum absolute atomic E-state index is 0.00477. The van der Waals surface area contributed by atoms with Gasteiger partial charge in [-0.3, -0.25) is 10.1 Å².